The molecule has 0 radical (unpaired) electrons. The lowest BCUT2D eigenvalue weighted by Crippen LogP contribution is -1.96. The summed E-state index contributed by atoms with van der Waals surface area (Å²) < 4.78 is 5.91. The minimum absolute atomic E-state index is 0.646. The van der Waals surface area contributed by atoms with Crippen LogP contribution in [0.5, 0.6) is 0 Å². The van der Waals surface area contributed by atoms with E-state index in [1.807, 2.05) is 24.6 Å². The van der Waals surface area contributed by atoms with Crippen LogP contribution in [0.4, 0.5) is 0 Å². The molecule has 0 aromatic carbocycles. The number of hydrogen-bond donors (Lipinski definition) is 0. The maximum absolute atomic E-state index is 10.6. The maximum Gasteiger partial charge on any atom is 0.166 e. The van der Waals surface area contributed by atoms with E-state index in [4.69, 9.17) is 0 Å². The van der Waals surface area contributed by atoms with Crippen molar-refractivity contribution in [2.75, 3.05) is 0 Å². The minimum Gasteiger partial charge on any atom is -0.339 e. The standard InChI is InChI=1S/C9H9N3OS/c1-6-10-9(14-11-6)8-4-3-7(5-13)12(8)2/h3-5H,1-2H3. The number of aryl methyl sites for hydroxylation is 1. The third-order valence-corrected chi connectivity index (χ3v) is 2.86. The van der Waals surface area contributed by atoms with Gasteiger partial charge in [-0.25, -0.2) is 4.98 Å². The Hall–Kier alpha value is -1.49. The van der Waals surface area contributed by atoms with Gasteiger partial charge < -0.3 is 4.57 Å². The average molecular weight is 207 g/mol. The van der Waals surface area contributed by atoms with Gasteiger partial charge in [0.05, 0.1) is 11.4 Å². The maximum atomic E-state index is 10.6. The number of nitrogens with zero attached hydrogens (tertiary/aromatic N) is 3. The van der Waals surface area contributed by atoms with Crippen LogP contribution >= 0.6 is 11.5 Å². The fraction of sp³-hybridized carbons (Fsp3) is 0.222. The molecule has 0 atom stereocenters. The van der Waals surface area contributed by atoms with E-state index in [2.05, 4.69) is 9.36 Å². The number of aldehydes is 1. The fourth-order valence-corrected chi connectivity index (χ4v) is 1.99. The second kappa shape index (κ2) is 3.34. The van der Waals surface area contributed by atoms with Gasteiger partial charge in [-0.05, 0) is 30.6 Å². The summed E-state index contributed by atoms with van der Waals surface area (Å²) in [6.45, 7) is 1.85. The van der Waals surface area contributed by atoms with Gasteiger partial charge in [0, 0.05) is 7.05 Å². The van der Waals surface area contributed by atoms with E-state index < -0.39 is 0 Å². The van der Waals surface area contributed by atoms with Gasteiger partial charge >= 0.3 is 0 Å². The highest BCUT2D eigenvalue weighted by Gasteiger charge is 2.09. The highest BCUT2D eigenvalue weighted by atomic mass is 32.1. The number of carbonyl (C=O) groups is 1. The van der Waals surface area contributed by atoms with Gasteiger partial charge in [0.15, 0.2) is 11.3 Å². The summed E-state index contributed by atoms with van der Waals surface area (Å²) in [4.78, 5) is 14.9. The van der Waals surface area contributed by atoms with Gasteiger partial charge in [0.25, 0.3) is 0 Å². The molecule has 2 heterocycles. The number of hydrogen-bond acceptors (Lipinski definition) is 4. The largest absolute Gasteiger partial charge is 0.339 e. The Kier molecular flexibility index (Phi) is 2.17. The Balaban J connectivity index is 2.51. The van der Waals surface area contributed by atoms with E-state index in [1.54, 1.807) is 6.07 Å². The molecule has 0 unspecified atom stereocenters. The van der Waals surface area contributed by atoms with Crippen LogP contribution in [0.3, 0.4) is 0 Å². The topological polar surface area (TPSA) is 47.8 Å². The first kappa shape index (κ1) is 9.08. The summed E-state index contributed by atoms with van der Waals surface area (Å²) in [5, 5.41) is 0.845. The van der Waals surface area contributed by atoms with Crippen LogP contribution in [0, 0.1) is 6.92 Å². The first-order chi connectivity index (χ1) is 6.72. The van der Waals surface area contributed by atoms with Gasteiger partial charge in [0.1, 0.15) is 5.82 Å². The fourth-order valence-electron chi connectivity index (χ4n) is 1.26. The van der Waals surface area contributed by atoms with Crippen molar-refractivity contribution < 1.29 is 4.79 Å². The van der Waals surface area contributed by atoms with E-state index in [9.17, 15) is 4.79 Å². The van der Waals surface area contributed by atoms with Crippen LogP contribution < -0.4 is 0 Å². The Morgan fingerprint density at radius 1 is 1.50 bits per heavy atom. The van der Waals surface area contributed by atoms with Crippen LogP contribution in [-0.4, -0.2) is 20.2 Å². The van der Waals surface area contributed by atoms with E-state index in [0.717, 1.165) is 22.8 Å². The van der Waals surface area contributed by atoms with Gasteiger partial charge in [-0.3, -0.25) is 4.79 Å². The van der Waals surface area contributed by atoms with Crippen molar-refractivity contribution in [2.45, 2.75) is 6.92 Å². The van der Waals surface area contributed by atoms with Gasteiger partial charge in [-0.15, -0.1) is 0 Å². The quantitative estimate of drug-likeness (QED) is 0.704. The monoisotopic (exact) mass is 207 g/mol. The second-order valence-corrected chi connectivity index (χ2v) is 3.72. The zero-order chi connectivity index (χ0) is 10.1. The summed E-state index contributed by atoms with van der Waals surface area (Å²) in [5.41, 5.74) is 1.57. The Morgan fingerprint density at radius 2 is 2.29 bits per heavy atom. The van der Waals surface area contributed by atoms with E-state index in [0.29, 0.717) is 5.69 Å². The predicted octanol–water partition coefficient (Wildman–Crippen LogP) is 1.66. The molecule has 72 valence electrons. The zero-order valence-corrected chi connectivity index (χ0v) is 8.71. The van der Waals surface area contributed by atoms with E-state index in [-0.39, 0.29) is 0 Å². The Morgan fingerprint density at radius 3 is 2.79 bits per heavy atom. The smallest absolute Gasteiger partial charge is 0.166 e. The Labute approximate surface area is 85.4 Å². The molecule has 0 N–H and O–H groups in total. The van der Waals surface area contributed by atoms with Gasteiger partial charge in [-0.1, -0.05) is 0 Å². The lowest BCUT2D eigenvalue weighted by molar-refractivity contribution is 0.111. The van der Waals surface area contributed by atoms with Gasteiger partial charge in [-0.2, -0.15) is 4.37 Å². The van der Waals surface area contributed by atoms with Crippen molar-refractivity contribution in [3.05, 3.63) is 23.7 Å². The third kappa shape index (κ3) is 1.35. The molecule has 0 aliphatic heterocycles. The molecule has 2 aromatic heterocycles. The molecule has 4 nitrogen and oxygen atoms in total. The Bertz CT molecular complexity index is 472. The molecule has 2 aromatic rings. The summed E-state index contributed by atoms with van der Waals surface area (Å²) in [7, 11) is 1.84. The summed E-state index contributed by atoms with van der Waals surface area (Å²) in [6.07, 6.45) is 0.831. The van der Waals surface area contributed by atoms with Gasteiger partial charge in [0.2, 0.25) is 0 Å². The average Bonchev–Trinajstić information content (AvgIpc) is 2.72. The highest BCUT2D eigenvalue weighted by Crippen LogP contribution is 2.22. The molecule has 0 saturated heterocycles. The summed E-state index contributed by atoms with van der Waals surface area (Å²) in [6, 6.07) is 3.66. The molecule has 5 heteroatoms. The minimum atomic E-state index is 0.646. The molecule has 0 saturated carbocycles. The molecule has 0 spiro atoms. The van der Waals surface area contributed by atoms with Crippen LogP contribution in [0.1, 0.15) is 16.3 Å². The molecule has 0 aliphatic rings. The van der Waals surface area contributed by atoms with Crippen molar-refractivity contribution in [3.63, 3.8) is 0 Å². The van der Waals surface area contributed by atoms with Crippen LogP contribution in [0.15, 0.2) is 12.1 Å². The normalized spacial score (nSPS) is 10.4. The molecule has 14 heavy (non-hydrogen) atoms. The van der Waals surface area contributed by atoms with Crippen molar-refractivity contribution in [1.29, 1.82) is 0 Å². The number of carbonyl (C=O) groups excluding carboxylic acids is 1. The molecular weight excluding hydrogens is 198 g/mol. The number of aromatic nitrogens is 3. The SMILES string of the molecule is Cc1nsc(-c2ccc(C=O)n2C)n1. The molecular formula is C9H9N3OS. The molecule has 0 fully saturated rings. The molecule has 0 aliphatic carbocycles. The summed E-state index contributed by atoms with van der Waals surface area (Å²) in [5.74, 6) is 0.763. The lowest BCUT2D eigenvalue weighted by atomic mass is 10.4. The number of rotatable bonds is 2. The third-order valence-electron chi connectivity index (χ3n) is 2.03. The lowest BCUT2D eigenvalue weighted by Gasteiger charge is -1.99. The van der Waals surface area contributed by atoms with Crippen LogP contribution in [0.25, 0.3) is 10.7 Å². The first-order valence-electron chi connectivity index (χ1n) is 4.14. The van der Waals surface area contributed by atoms with E-state index in [1.165, 1.54) is 11.5 Å². The molecule has 0 amide bonds. The van der Waals surface area contributed by atoms with Crippen molar-refractivity contribution in [2.24, 2.45) is 7.05 Å². The van der Waals surface area contributed by atoms with Crippen molar-refractivity contribution in [3.8, 4) is 10.7 Å². The molecule has 2 rings (SSSR count). The van der Waals surface area contributed by atoms with Crippen LogP contribution in [0.2, 0.25) is 0 Å². The van der Waals surface area contributed by atoms with Crippen molar-refractivity contribution in [1.82, 2.24) is 13.9 Å². The second-order valence-electron chi connectivity index (χ2n) is 2.97. The van der Waals surface area contributed by atoms with Crippen molar-refractivity contribution >= 4 is 17.8 Å². The molecule has 0 bridgehead atoms. The summed E-state index contributed by atoms with van der Waals surface area (Å²) >= 11 is 1.34. The first-order valence-corrected chi connectivity index (χ1v) is 4.91. The zero-order valence-electron chi connectivity index (χ0n) is 7.89. The van der Waals surface area contributed by atoms with E-state index >= 15 is 0 Å². The van der Waals surface area contributed by atoms with Crippen LogP contribution in [-0.2, 0) is 7.05 Å². The highest BCUT2D eigenvalue weighted by molar-refractivity contribution is 7.09. The predicted molar refractivity (Wildman–Crippen MR) is 54.4 cm³/mol.